The number of anilines is 2. The fourth-order valence-corrected chi connectivity index (χ4v) is 9.53. The molecule has 0 heterocycles. The Hall–Kier alpha value is -5.63. The molecule has 222 valence electrons. The first-order chi connectivity index (χ1) is 22.6. The minimum absolute atomic E-state index is 0.668. The summed E-state index contributed by atoms with van der Waals surface area (Å²) in [5.74, 6) is 0. The normalized spacial score (nSPS) is 11.2. The van der Waals surface area contributed by atoms with Crippen molar-refractivity contribution in [3.8, 4) is 33.4 Å². The van der Waals surface area contributed by atoms with Gasteiger partial charge in [-0.25, -0.2) is 0 Å². The number of nitrogens with zero attached hydrogens (tertiary/aromatic N) is 1. The summed E-state index contributed by atoms with van der Waals surface area (Å²) in [5.41, 5.74) is 21.1. The summed E-state index contributed by atoms with van der Waals surface area (Å²) in [5, 5.41) is 3.70. The molecule has 46 heavy (non-hydrogen) atoms. The summed E-state index contributed by atoms with van der Waals surface area (Å²) >= 11 is 0. The van der Waals surface area contributed by atoms with E-state index in [1.807, 2.05) is 12.1 Å². The van der Waals surface area contributed by atoms with Crippen molar-refractivity contribution in [1.82, 2.24) is 0 Å². The van der Waals surface area contributed by atoms with Crippen molar-refractivity contribution in [2.24, 2.45) is 4.74 Å². The van der Waals surface area contributed by atoms with Crippen LogP contribution >= 0.6 is 7.05 Å². The quantitative estimate of drug-likeness (QED) is 0.139. The van der Waals surface area contributed by atoms with Gasteiger partial charge in [0.1, 0.15) is 0 Å². The smallest absolute Gasteiger partial charge is 0.0625 e. The molecule has 4 heteroatoms. The Labute approximate surface area is 270 Å². The largest absolute Gasteiger partial charge is 0.399 e. The molecular formula is C42H34N3P. The Morgan fingerprint density at radius 1 is 0.326 bits per heavy atom. The number of nitrogen functional groups attached to an aromatic ring is 2. The summed E-state index contributed by atoms with van der Waals surface area (Å²) in [7, 11) is -2.32. The van der Waals surface area contributed by atoms with Crippen LogP contribution in [0.5, 0.6) is 0 Å². The standard InChI is InChI=1S/C42H34N3P/c43-37-28-36(29-38(44)30-37)35-22-20-32(21-23-35)31-16-18-33(19-17-31)34-24-26-39(27-25-34)45-46(40-10-4-1-5-11-40,41-12-6-2-7-13-41)42-14-8-3-9-15-42/h1-30H,43-44H2. The van der Waals surface area contributed by atoms with E-state index in [0.29, 0.717) is 11.4 Å². The lowest BCUT2D eigenvalue weighted by Crippen LogP contribution is -2.25. The molecule has 0 bridgehead atoms. The van der Waals surface area contributed by atoms with Crippen LogP contribution in [0, 0.1) is 0 Å². The van der Waals surface area contributed by atoms with Gasteiger partial charge in [-0.15, -0.1) is 0 Å². The third-order valence-electron chi connectivity index (χ3n) is 8.27. The minimum Gasteiger partial charge on any atom is -0.399 e. The molecule has 0 aliphatic rings. The van der Waals surface area contributed by atoms with Gasteiger partial charge in [0.05, 0.1) is 12.7 Å². The Balaban J connectivity index is 1.21. The summed E-state index contributed by atoms with van der Waals surface area (Å²) in [6.07, 6.45) is 0. The van der Waals surface area contributed by atoms with E-state index in [4.69, 9.17) is 16.2 Å². The fourth-order valence-electron chi connectivity index (χ4n) is 6.00. The molecule has 7 rings (SSSR count). The summed E-state index contributed by atoms with van der Waals surface area (Å²) in [4.78, 5) is 0. The van der Waals surface area contributed by atoms with Crippen molar-refractivity contribution in [3.63, 3.8) is 0 Å². The van der Waals surface area contributed by atoms with E-state index in [1.165, 1.54) is 15.9 Å². The van der Waals surface area contributed by atoms with Gasteiger partial charge in [-0.1, -0.05) is 152 Å². The second kappa shape index (κ2) is 12.8. The Kier molecular flexibility index (Phi) is 8.08. The van der Waals surface area contributed by atoms with E-state index in [-0.39, 0.29) is 0 Å². The highest BCUT2D eigenvalue weighted by molar-refractivity contribution is 7.87. The van der Waals surface area contributed by atoms with Crippen LogP contribution in [0.2, 0.25) is 0 Å². The van der Waals surface area contributed by atoms with Gasteiger partial charge >= 0.3 is 0 Å². The van der Waals surface area contributed by atoms with Gasteiger partial charge in [-0.2, -0.15) is 0 Å². The van der Waals surface area contributed by atoms with E-state index >= 15 is 0 Å². The number of hydrogen-bond donors (Lipinski definition) is 2. The average Bonchev–Trinajstić information content (AvgIpc) is 3.12. The van der Waals surface area contributed by atoms with Crippen LogP contribution in [0.15, 0.2) is 187 Å². The van der Waals surface area contributed by atoms with Crippen molar-refractivity contribution >= 4 is 40.0 Å². The molecule has 0 saturated carbocycles. The zero-order valence-electron chi connectivity index (χ0n) is 25.4. The highest BCUT2D eigenvalue weighted by Gasteiger charge is 2.27. The molecule has 0 radical (unpaired) electrons. The maximum Gasteiger partial charge on any atom is 0.0625 e. The third kappa shape index (κ3) is 5.89. The van der Waals surface area contributed by atoms with Gasteiger partial charge in [0.15, 0.2) is 0 Å². The Morgan fingerprint density at radius 2 is 0.630 bits per heavy atom. The second-order valence-electron chi connectivity index (χ2n) is 11.3. The van der Waals surface area contributed by atoms with Crippen LogP contribution in [0.3, 0.4) is 0 Å². The third-order valence-corrected chi connectivity index (χ3v) is 11.9. The SMILES string of the molecule is Nc1cc(N)cc(-c2ccc(-c3ccc(-c4ccc(N=P(c5ccccc5)(c5ccccc5)c5ccccc5)cc4)cc3)cc2)c1. The highest BCUT2D eigenvalue weighted by Crippen LogP contribution is 2.49. The number of rotatable bonds is 7. The molecule has 7 aromatic carbocycles. The zero-order valence-corrected chi connectivity index (χ0v) is 26.3. The Bertz CT molecular complexity index is 2000. The maximum absolute atomic E-state index is 6.00. The first kappa shape index (κ1) is 29.1. The van der Waals surface area contributed by atoms with Gasteiger partial charge < -0.3 is 11.5 Å². The summed E-state index contributed by atoms with van der Waals surface area (Å²) < 4.78 is 5.63. The van der Waals surface area contributed by atoms with E-state index in [1.54, 1.807) is 6.07 Å². The topological polar surface area (TPSA) is 64.4 Å². The second-order valence-corrected chi connectivity index (χ2v) is 14.4. The van der Waals surface area contributed by atoms with Crippen LogP contribution in [0.1, 0.15) is 0 Å². The summed E-state index contributed by atoms with van der Waals surface area (Å²) in [6.45, 7) is 0. The molecule has 0 aromatic heterocycles. The van der Waals surface area contributed by atoms with Gasteiger partial charge in [0.25, 0.3) is 0 Å². The molecule has 4 N–H and O–H groups in total. The number of nitrogens with two attached hydrogens (primary N) is 2. The maximum atomic E-state index is 6.00. The minimum atomic E-state index is -2.32. The molecule has 0 aliphatic heterocycles. The number of hydrogen-bond acceptors (Lipinski definition) is 3. The van der Waals surface area contributed by atoms with Crippen LogP contribution in [0.25, 0.3) is 33.4 Å². The molecule has 7 aromatic rings. The molecule has 0 fully saturated rings. The van der Waals surface area contributed by atoms with E-state index in [0.717, 1.165) is 39.1 Å². The average molecular weight is 612 g/mol. The molecule has 0 unspecified atom stereocenters. The summed E-state index contributed by atoms with van der Waals surface area (Å²) in [6, 6.07) is 63.7. The predicted octanol–water partition coefficient (Wildman–Crippen LogP) is 9.66. The van der Waals surface area contributed by atoms with E-state index in [9.17, 15) is 0 Å². The van der Waals surface area contributed by atoms with Crippen LogP contribution < -0.4 is 27.4 Å². The monoisotopic (exact) mass is 611 g/mol. The lowest BCUT2D eigenvalue weighted by Gasteiger charge is -2.27. The van der Waals surface area contributed by atoms with Gasteiger partial charge in [-0.3, -0.25) is 4.74 Å². The van der Waals surface area contributed by atoms with Crippen LogP contribution in [-0.4, -0.2) is 0 Å². The van der Waals surface area contributed by atoms with Crippen molar-refractivity contribution < 1.29 is 0 Å². The van der Waals surface area contributed by atoms with Gasteiger partial charge in [-0.05, 0) is 63.7 Å². The molecule has 0 saturated heterocycles. The lowest BCUT2D eigenvalue weighted by atomic mass is 9.98. The van der Waals surface area contributed by atoms with Crippen LogP contribution in [0.4, 0.5) is 17.1 Å². The Morgan fingerprint density at radius 3 is 0.978 bits per heavy atom. The van der Waals surface area contributed by atoms with Gasteiger partial charge in [0, 0.05) is 27.3 Å². The molecule has 0 spiro atoms. The number of benzene rings is 7. The molecule has 0 amide bonds. The van der Waals surface area contributed by atoms with E-state index in [2.05, 4.69) is 164 Å². The van der Waals surface area contributed by atoms with Crippen LogP contribution in [-0.2, 0) is 0 Å². The molecule has 3 nitrogen and oxygen atoms in total. The van der Waals surface area contributed by atoms with E-state index < -0.39 is 7.05 Å². The van der Waals surface area contributed by atoms with Crippen molar-refractivity contribution in [2.45, 2.75) is 0 Å². The fraction of sp³-hybridized carbons (Fsp3) is 0. The first-order valence-electron chi connectivity index (χ1n) is 15.3. The predicted molar refractivity (Wildman–Crippen MR) is 199 cm³/mol. The van der Waals surface area contributed by atoms with Crippen molar-refractivity contribution in [1.29, 1.82) is 0 Å². The first-order valence-corrected chi connectivity index (χ1v) is 17.1. The molecule has 0 aliphatic carbocycles. The van der Waals surface area contributed by atoms with Gasteiger partial charge in [0.2, 0.25) is 0 Å². The zero-order chi connectivity index (χ0) is 31.3. The highest BCUT2D eigenvalue weighted by atomic mass is 31.2. The van der Waals surface area contributed by atoms with Crippen molar-refractivity contribution in [2.75, 3.05) is 11.5 Å². The van der Waals surface area contributed by atoms with Crippen molar-refractivity contribution in [3.05, 3.63) is 182 Å². The molecule has 0 atom stereocenters. The molecular weight excluding hydrogens is 577 g/mol. The lowest BCUT2D eigenvalue weighted by molar-refractivity contribution is 1.53.